The number of nitrogens with zero attached hydrogens (tertiary/aromatic N) is 5. The number of hydrogen-bond donors (Lipinski definition) is 2. The second-order valence-corrected chi connectivity index (χ2v) is 9.06. The fourth-order valence-corrected chi connectivity index (χ4v) is 4.50. The number of aromatic nitrogens is 3. The maximum atomic E-state index is 13.1. The molecule has 1 aliphatic rings. The summed E-state index contributed by atoms with van der Waals surface area (Å²) in [6.07, 6.45) is -1.38. The normalized spacial score (nSPS) is 15.6. The van der Waals surface area contributed by atoms with Gasteiger partial charge in [-0.1, -0.05) is 31.0 Å². The number of halogens is 3. The Hall–Kier alpha value is -3.64. The average molecular weight is 534 g/mol. The van der Waals surface area contributed by atoms with Gasteiger partial charge in [-0.05, 0) is 42.7 Å². The number of imidazole rings is 1. The number of amides is 2. The third-order valence-corrected chi connectivity index (χ3v) is 6.30. The first-order chi connectivity index (χ1) is 18.2. The molecule has 9 nitrogen and oxygen atoms in total. The zero-order chi connectivity index (χ0) is 27.3. The van der Waals surface area contributed by atoms with Crippen LogP contribution in [0.5, 0.6) is 5.75 Å². The predicted molar refractivity (Wildman–Crippen MR) is 133 cm³/mol. The van der Waals surface area contributed by atoms with E-state index in [9.17, 15) is 23.1 Å². The molecule has 0 fully saturated rings. The van der Waals surface area contributed by atoms with Crippen molar-refractivity contribution in [1.29, 1.82) is 0 Å². The minimum absolute atomic E-state index is 0.109. The molecule has 3 heterocycles. The highest BCUT2D eigenvalue weighted by Crippen LogP contribution is 2.36. The molecule has 0 bridgehead atoms. The third-order valence-electron chi connectivity index (χ3n) is 6.30. The smallest absolute Gasteiger partial charge is 0.406 e. The fraction of sp³-hybridized carbons (Fsp3) is 0.423. The number of aliphatic hydroxyl groups excluding tert-OH is 2. The number of pyridine rings is 1. The molecule has 0 saturated heterocycles. The molecule has 3 aromatic rings. The number of carbonyl (C=O) groups excluding carboxylic acids is 1. The lowest BCUT2D eigenvalue weighted by Crippen LogP contribution is -2.48. The van der Waals surface area contributed by atoms with Gasteiger partial charge >= 0.3 is 12.4 Å². The summed E-state index contributed by atoms with van der Waals surface area (Å²) in [4.78, 5) is 24.9. The first-order valence-corrected chi connectivity index (χ1v) is 12.3. The number of anilines is 1. The Morgan fingerprint density at radius 1 is 1.08 bits per heavy atom. The van der Waals surface area contributed by atoms with Crippen molar-refractivity contribution in [3.05, 3.63) is 71.4 Å². The Bertz CT molecular complexity index is 1240. The Kier molecular flexibility index (Phi) is 8.52. The van der Waals surface area contributed by atoms with Crippen LogP contribution in [0.25, 0.3) is 0 Å². The van der Waals surface area contributed by atoms with Crippen molar-refractivity contribution in [3.8, 4) is 5.75 Å². The number of fused-ring (bicyclic) bond motifs is 1. The second-order valence-electron chi connectivity index (χ2n) is 9.06. The number of hydrogen-bond acceptors (Lipinski definition) is 6. The minimum atomic E-state index is -4.82. The topological polar surface area (TPSA) is 104 Å². The monoisotopic (exact) mass is 533 g/mol. The van der Waals surface area contributed by atoms with Crippen LogP contribution in [0.4, 0.5) is 23.8 Å². The van der Waals surface area contributed by atoms with E-state index in [1.807, 2.05) is 12.1 Å². The summed E-state index contributed by atoms with van der Waals surface area (Å²) in [6.45, 7) is 0.662. The molecule has 38 heavy (non-hydrogen) atoms. The van der Waals surface area contributed by atoms with Crippen LogP contribution in [0.3, 0.4) is 0 Å². The number of carbonyl (C=O) groups is 1. The molecule has 1 atom stereocenters. The Morgan fingerprint density at radius 2 is 1.87 bits per heavy atom. The van der Waals surface area contributed by atoms with E-state index in [4.69, 9.17) is 5.11 Å². The van der Waals surface area contributed by atoms with Gasteiger partial charge in [0.25, 0.3) is 0 Å². The summed E-state index contributed by atoms with van der Waals surface area (Å²) in [7, 11) is 1.57. The molecular formula is C26H30F3N5O4. The van der Waals surface area contributed by atoms with Crippen molar-refractivity contribution < 1.29 is 32.9 Å². The number of urea groups is 1. The zero-order valence-electron chi connectivity index (χ0n) is 20.9. The van der Waals surface area contributed by atoms with Crippen LogP contribution < -0.4 is 9.64 Å². The van der Waals surface area contributed by atoms with E-state index in [0.717, 1.165) is 12.8 Å². The number of unbranched alkanes of at least 4 members (excludes halogenated alkanes) is 3. The maximum absolute atomic E-state index is 13.1. The Balaban J connectivity index is 1.68. The van der Waals surface area contributed by atoms with Crippen molar-refractivity contribution in [2.75, 3.05) is 25.1 Å². The van der Waals surface area contributed by atoms with Gasteiger partial charge in [0.05, 0.1) is 12.2 Å². The van der Waals surface area contributed by atoms with Crippen molar-refractivity contribution in [1.82, 2.24) is 19.4 Å². The second kappa shape index (κ2) is 11.8. The highest BCUT2D eigenvalue weighted by atomic mass is 19.4. The molecule has 0 aliphatic carbocycles. The molecule has 0 spiro atoms. The van der Waals surface area contributed by atoms with E-state index < -0.39 is 18.6 Å². The SMILES string of the molecule is CN1C(=O)N(CCCCCCO)C(O)c2c1nc(Cc1cccc(OC(F)(F)F)c1)n2Cc1ccccn1. The number of alkyl halides is 3. The number of rotatable bonds is 11. The summed E-state index contributed by atoms with van der Waals surface area (Å²) in [5.41, 5.74) is 1.61. The van der Waals surface area contributed by atoms with Crippen molar-refractivity contribution in [2.24, 2.45) is 0 Å². The van der Waals surface area contributed by atoms with Crippen molar-refractivity contribution >= 4 is 11.8 Å². The van der Waals surface area contributed by atoms with E-state index in [0.29, 0.717) is 42.2 Å². The summed E-state index contributed by atoms with van der Waals surface area (Å²) >= 11 is 0. The molecule has 0 radical (unpaired) electrons. The summed E-state index contributed by atoms with van der Waals surface area (Å²) in [5, 5.41) is 20.3. The molecule has 12 heteroatoms. The maximum Gasteiger partial charge on any atom is 0.573 e. The largest absolute Gasteiger partial charge is 0.573 e. The van der Waals surface area contributed by atoms with Gasteiger partial charge < -0.3 is 19.5 Å². The lowest BCUT2D eigenvalue weighted by Gasteiger charge is -2.37. The van der Waals surface area contributed by atoms with Gasteiger partial charge in [0.15, 0.2) is 12.0 Å². The Labute approximate surface area is 218 Å². The van der Waals surface area contributed by atoms with Crippen molar-refractivity contribution in [3.63, 3.8) is 0 Å². The molecule has 2 aromatic heterocycles. The molecule has 1 aromatic carbocycles. The molecule has 204 valence electrons. The van der Waals surface area contributed by atoms with Gasteiger partial charge in [-0.2, -0.15) is 0 Å². The zero-order valence-corrected chi connectivity index (χ0v) is 20.9. The van der Waals surface area contributed by atoms with Gasteiger partial charge in [0, 0.05) is 32.8 Å². The van der Waals surface area contributed by atoms with Crippen LogP contribution >= 0.6 is 0 Å². The van der Waals surface area contributed by atoms with Gasteiger partial charge in [0.1, 0.15) is 17.3 Å². The molecular weight excluding hydrogens is 503 g/mol. The molecule has 2 N–H and O–H groups in total. The van der Waals surface area contributed by atoms with E-state index in [1.54, 1.807) is 29.9 Å². The highest BCUT2D eigenvalue weighted by molar-refractivity contribution is 5.93. The average Bonchev–Trinajstić information content (AvgIpc) is 3.22. The number of ether oxygens (including phenoxy) is 1. The molecule has 1 aliphatic heterocycles. The minimum Gasteiger partial charge on any atom is -0.406 e. The van der Waals surface area contributed by atoms with Gasteiger partial charge in [0.2, 0.25) is 0 Å². The highest BCUT2D eigenvalue weighted by Gasteiger charge is 2.39. The standard InChI is InChI=1S/C26H30F3N5O4/c1-32-23-22(24(36)33(25(32)37)13-6-2-3-7-14-35)34(17-19-10-4-5-12-30-19)21(31-23)16-18-9-8-11-20(15-18)38-26(27,28)29/h4-5,8-12,15,24,35-36H,2-3,6-7,13-14,16-17H2,1H3. The third kappa shape index (κ3) is 6.43. The summed E-state index contributed by atoms with van der Waals surface area (Å²) in [6, 6.07) is 10.6. The van der Waals surface area contributed by atoms with Gasteiger partial charge in [-0.3, -0.25) is 14.8 Å². The lowest BCUT2D eigenvalue weighted by molar-refractivity contribution is -0.274. The summed E-state index contributed by atoms with van der Waals surface area (Å²) in [5.74, 6) is 0.392. The van der Waals surface area contributed by atoms with Gasteiger partial charge in [-0.15, -0.1) is 13.2 Å². The fourth-order valence-electron chi connectivity index (χ4n) is 4.50. The number of aliphatic hydroxyl groups is 2. The van der Waals surface area contributed by atoms with Crippen LogP contribution in [0.15, 0.2) is 48.7 Å². The van der Waals surface area contributed by atoms with Crippen LogP contribution in [0.2, 0.25) is 0 Å². The van der Waals surface area contributed by atoms with E-state index >= 15 is 0 Å². The van der Waals surface area contributed by atoms with Crippen molar-refractivity contribution in [2.45, 2.75) is 51.2 Å². The summed E-state index contributed by atoms with van der Waals surface area (Å²) < 4.78 is 44.1. The van der Waals surface area contributed by atoms with Crippen LogP contribution in [0.1, 0.15) is 54.7 Å². The first kappa shape index (κ1) is 27.4. The van der Waals surface area contributed by atoms with E-state index in [-0.39, 0.29) is 31.1 Å². The van der Waals surface area contributed by atoms with E-state index in [1.165, 1.54) is 28.0 Å². The number of benzene rings is 1. The predicted octanol–water partition coefficient (Wildman–Crippen LogP) is 4.23. The van der Waals surface area contributed by atoms with E-state index in [2.05, 4.69) is 14.7 Å². The quantitative estimate of drug-likeness (QED) is 0.358. The van der Waals surface area contributed by atoms with Crippen LogP contribution in [-0.4, -0.2) is 62.2 Å². The first-order valence-electron chi connectivity index (χ1n) is 12.3. The molecule has 2 amide bonds. The van der Waals surface area contributed by atoms with Crippen LogP contribution in [0, 0.1) is 0 Å². The van der Waals surface area contributed by atoms with Gasteiger partial charge in [-0.25, -0.2) is 9.78 Å². The molecule has 4 rings (SSSR count). The Morgan fingerprint density at radius 3 is 2.58 bits per heavy atom. The van der Waals surface area contributed by atoms with Crippen LogP contribution in [-0.2, 0) is 13.0 Å². The molecule has 1 unspecified atom stereocenters. The molecule has 0 saturated carbocycles. The lowest BCUT2D eigenvalue weighted by atomic mass is 10.1.